The second-order valence-electron chi connectivity index (χ2n) is 2.37. The molecule has 4 heteroatoms. The minimum absolute atomic E-state index is 0.308. The highest BCUT2D eigenvalue weighted by molar-refractivity contribution is 5.16. The summed E-state index contributed by atoms with van der Waals surface area (Å²) in [6.07, 6.45) is 5.22. The topological polar surface area (TPSA) is 63.8 Å². The van der Waals surface area contributed by atoms with E-state index in [9.17, 15) is 0 Å². The summed E-state index contributed by atoms with van der Waals surface area (Å²) in [5, 5.41) is 3.13. The largest absolute Gasteiger partial charge is 0.368 e. The summed E-state index contributed by atoms with van der Waals surface area (Å²) >= 11 is 0. The van der Waals surface area contributed by atoms with Crippen LogP contribution in [0.3, 0.4) is 0 Å². The fraction of sp³-hybridized carbons (Fsp3) is 0.250. The Labute approximate surface area is 71.5 Å². The monoisotopic (exact) mass is 164 g/mol. The van der Waals surface area contributed by atoms with Crippen LogP contribution in [-0.4, -0.2) is 16.5 Å². The molecule has 4 nitrogen and oxygen atoms in total. The molecule has 0 aliphatic rings. The van der Waals surface area contributed by atoms with Crippen LogP contribution in [0, 0.1) is 0 Å². The van der Waals surface area contributed by atoms with Gasteiger partial charge in [0.15, 0.2) is 0 Å². The smallest absolute Gasteiger partial charge is 0.219 e. The molecular weight excluding hydrogens is 152 g/mol. The number of anilines is 1. The van der Waals surface area contributed by atoms with E-state index < -0.39 is 0 Å². The van der Waals surface area contributed by atoms with Crippen LogP contribution in [0.5, 0.6) is 0 Å². The molecule has 0 bridgehead atoms. The lowest BCUT2D eigenvalue weighted by atomic mass is 10.3. The van der Waals surface area contributed by atoms with Crippen molar-refractivity contribution in [2.45, 2.75) is 6.54 Å². The van der Waals surface area contributed by atoms with Gasteiger partial charge in [0.1, 0.15) is 0 Å². The first-order chi connectivity index (χ1) is 5.83. The first kappa shape index (κ1) is 8.67. The predicted molar refractivity (Wildman–Crippen MR) is 48.3 cm³/mol. The average molecular weight is 164 g/mol. The van der Waals surface area contributed by atoms with Crippen LogP contribution in [0.15, 0.2) is 25.0 Å². The lowest BCUT2D eigenvalue weighted by molar-refractivity contribution is 0.754. The van der Waals surface area contributed by atoms with Gasteiger partial charge in [-0.25, -0.2) is 9.97 Å². The average Bonchev–Trinajstić information content (AvgIpc) is 2.09. The summed E-state index contributed by atoms with van der Waals surface area (Å²) in [6, 6.07) is 0. The highest BCUT2D eigenvalue weighted by Crippen LogP contribution is 1.95. The van der Waals surface area contributed by atoms with E-state index in [2.05, 4.69) is 21.9 Å². The Morgan fingerprint density at radius 3 is 2.75 bits per heavy atom. The summed E-state index contributed by atoms with van der Waals surface area (Å²) < 4.78 is 0. The van der Waals surface area contributed by atoms with Crippen LogP contribution in [0.25, 0.3) is 0 Å². The van der Waals surface area contributed by atoms with E-state index in [0.717, 1.165) is 18.7 Å². The molecule has 0 amide bonds. The zero-order chi connectivity index (χ0) is 8.81. The van der Waals surface area contributed by atoms with E-state index in [0.29, 0.717) is 5.95 Å². The Balaban J connectivity index is 2.42. The molecule has 0 saturated carbocycles. The standard InChI is InChI=1S/C8H12N4/c1-2-3-10-4-7-5-11-8(9)12-6-7/h2,5-6,10H,1,3-4H2,(H2,9,11,12). The minimum atomic E-state index is 0.308. The van der Waals surface area contributed by atoms with E-state index in [1.807, 2.05) is 0 Å². The van der Waals surface area contributed by atoms with Gasteiger partial charge in [-0.05, 0) is 0 Å². The molecule has 3 N–H and O–H groups in total. The minimum Gasteiger partial charge on any atom is -0.368 e. The van der Waals surface area contributed by atoms with Gasteiger partial charge < -0.3 is 11.1 Å². The second kappa shape index (κ2) is 4.46. The molecular formula is C8H12N4. The van der Waals surface area contributed by atoms with E-state index >= 15 is 0 Å². The van der Waals surface area contributed by atoms with Gasteiger partial charge in [-0.15, -0.1) is 6.58 Å². The SMILES string of the molecule is C=CCNCc1cnc(N)nc1. The van der Waals surface area contributed by atoms with E-state index in [1.165, 1.54) is 0 Å². The maximum absolute atomic E-state index is 5.32. The molecule has 0 aliphatic carbocycles. The molecule has 0 atom stereocenters. The van der Waals surface area contributed by atoms with Gasteiger partial charge in [0.05, 0.1) is 0 Å². The molecule has 0 saturated heterocycles. The highest BCUT2D eigenvalue weighted by atomic mass is 15.0. The molecule has 1 aromatic rings. The number of rotatable bonds is 4. The van der Waals surface area contributed by atoms with Crippen LogP contribution in [0.4, 0.5) is 5.95 Å². The zero-order valence-corrected chi connectivity index (χ0v) is 6.83. The number of nitrogens with zero attached hydrogens (tertiary/aromatic N) is 2. The maximum Gasteiger partial charge on any atom is 0.219 e. The van der Waals surface area contributed by atoms with Crippen LogP contribution in [-0.2, 0) is 6.54 Å². The third-order valence-electron chi connectivity index (χ3n) is 1.34. The normalized spacial score (nSPS) is 9.67. The summed E-state index contributed by atoms with van der Waals surface area (Å²) in [4.78, 5) is 7.72. The van der Waals surface area contributed by atoms with Crippen molar-refractivity contribution in [1.82, 2.24) is 15.3 Å². The van der Waals surface area contributed by atoms with E-state index in [4.69, 9.17) is 5.73 Å². The number of nitrogens with one attached hydrogen (secondary N) is 1. The van der Waals surface area contributed by atoms with Crippen LogP contribution < -0.4 is 11.1 Å². The van der Waals surface area contributed by atoms with Crippen LogP contribution in [0.2, 0.25) is 0 Å². The number of hydrogen-bond donors (Lipinski definition) is 2. The molecule has 64 valence electrons. The van der Waals surface area contributed by atoms with Gasteiger partial charge in [0.2, 0.25) is 5.95 Å². The molecule has 1 aromatic heterocycles. The lowest BCUT2D eigenvalue weighted by Crippen LogP contribution is -2.13. The van der Waals surface area contributed by atoms with Crippen molar-refractivity contribution < 1.29 is 0 Å². The van der Waals surface area contributed by atoms with Crippen molar-refractivity contribution in [3.05, 3.63) is 30.6 Å². The van der Waals surface area contributed by atoms with Crippen LogP contribution in [0.1, 0.15) is 5.56 Å². The Morgan fingerprint density at radius 2 is 2.17 bits per heavy atom. The number of nitrogens with two attached hydrogens (primary N) is 1. The molecule has 0 spiro atoms. The fourth-order valence-corrected chi connectivity index (χ4v) is 0.775. The Kier molecular flexibility index (Phi) is 3.22. The Bertz CT molecular complexity index is 242. The summed E-state index contributed by atoms with van der Waals surface area (Å²) in [5.41, 5.74) is 6.34. The molecule has 1 heterocycles. The van der Waals surface area contributed by atoms with Gasteiger partial charge in [-0.1, -0.05) is 6.08 Å². The lowest BCUT2D eigenvalue weighted by Gasteiger charge is -2.00. The maximum atomic E-state index is 5.32. The van der Waals surface area contributed by atoms with Gasteiger partial charge in [-0.3, -0.25) is 0 Å². The van der Waals surface area contributed by atoms with Gasteiger partial charge in [0, 0.05) is 31.0 Å². The van der Waals surface area contributed by atoms with Crippen LogP contribution >= 0.6 is 0 Å². The van der Waals surface area contributed by atoms with Crippen molar-refractivity contribution in [2.24, 2.45) is 0 Å². The summed E-state index contributed by atoms with van der Waals surface area (Å²) in [6.45, 7) is 5.12. The third-order valence-corrected chi connectivity index (χ3v) is 1.34. The number of aromatic nitrogens is 2. The molecule has 0 aromatic carbocycles. The predicted octanol–water partition coefficient (Wildman–Crippen LogP) is 0.334. The molecule has 0 fully saturated rings. The quantitative estimate of drug-likeness (QED) is 0.497. The van der Waals surface area contributed by atoms with Gasteiger partial charge in [-0.2, -0.15) is 0 Å². The first-order valence-corrected chi connectivity index (χ1v) is 3.71. The summed E-state index contributed by atoms with van der Waals surface area (Å²) in [7, 11) is 0. The molecule has 0 aliphatic heterocycles. The van der Waals surface area contributed by atoms with E-state index in [-0.39, 0.29) is 0 Å². The molecule has 12 heavy (non-hydrogen) atoms. The summed E-state index contributed by atoms with van der Waals surface area (Å²) in [5.74, 6) is 0.308. The van der Waals surface area contributed by atoms with Crippen molar-refractivity contribution in [3.8, 4) is 0 Å². The highest BCUT2D eigenvalue weighted by Gasteiger charge is 1.92. The van der Waals surface area contributed by atoms with Crippen molar-refractivity contribution in [1.29, 1.82) is 0 Å². The molecule has 0 radical (unpaired) electrons. The number of nitrogen functional groups attached to an aromatic ring is 1. The van der Waals surface area contributed by atoms with Gasteiger partial charge in [0.25, 0.3) is 0 Å². The van der Waals surface area contributed by atoms with Crippen molar-refractivity contribution in [3.63, 3.8) is 0 Å². The Morgan fingerprint density at radius 1 is 1.50 bits per heavy atom. The van der Waals surface area contributed by atoms with Crippen molar-refractivity contribution >= 4 is 5.95 Å². The molecule has 0 unspecified atom stereocenters. The third kappa shape index (κ3) is 2.67. The van der Waals surface area contributed by atoms with E-state index in [1.54, 1.807) is 18.5 Å². The Hall–Kier alpha value is -1.42. The fourth-order valence-electron chi connectivity index (χ4n) is 0.775. The first-order valence-electron chi connectivity index (χ1n) is 3.71. The molecule has 1 rings (SSSR count). The zero-order valence-electron chi connectivity index (χ0n) is 6.83. The number of hydrogen-bond acceptors (Lipinski definition) is 4. The second-order valence-corrected chi connectivity index (χ2v) is 2.37. The van der Waals surface area contributed by atoms with Gasteiger partial charge >= 0.3 is 0 Å². The van der Waals surface area contributed by atoms with Crippen molar-refractivity contribution in [2.75, 3.05) is 12.3 Å².